The van der Waals surface area contributed by atoms with E-state index in [-0.39, 0.29) is 11.9 Å². The summed E-state index contributed by atoms with van der Waals surface area (Å²) in [5.74, 6) is 0.550. The lowest BCUT2D eigenvalue weighted by molar-refractivity contribution is 0.0956. The van der Waals surface area contributed by atoms with Gasteiger partial charge in [-0.25, -0.2) is 4.98 Å². The van der Waals surface area contributed by atoms with Crippen molar-refractivity contribution < 1.29 is 4.79 Å². The predicted molar refractivity (Wildman–Crippen MR) is 77.3 cm³/mol. The van der Waals surface area contributed by atoms with E-state index in [1.54, 1.807) is 18.2 Å². The van der Waals surface area contributed by atoms with Gasteiger partial charge in [-0.1, -0.05) is 0 Å². The van der Waals surface area contributed by atoms with Crippen LogP contribution in [0.3, 0.4) is 0 Å². The van der Waals surface area contributed by atoms with E-state index in [0.29, 0.717) is 29.3 Å². The van der Waals surface area contributed by atoms with Gasteiger partial charge in [-0.2, -0.15) is 5.10 Å². The minimum Gasteiger partial charge on any atom is -0.399 e. The Morgan fingerprint density at radius 1 is 1.50 bits per heavy atom. The Morgan fingerprint density at radius 2 is 2.30 bits per heavy atom. The largest absolute Gasteiger partial charge is 0.399 e. The van der Waals surface area contributed by atoms with E-state index in [0.717, 1.165) is 0 Å². The van der Waals surface area contributed by atoms with Crippen LogP contribution >= 0.6 is 0 Å². The normalized spacial score (nSPS) is 11.9. The molecule has 1 atom stereocenters. The third kappa shape index (κ3) is 3.05. The first-order valence-electron chi connectivity index (χ1n) is 6.41. The average molecular weight is 274 g/mol. The highest BCUT2D eigenvalue weighted by Crippen LogP contribution is 2.23. The van der Waals surface area contributed by atoms with Gasteiger partial charge in [0, 0.05) is 17.9 Å². The van der Waals surface area contributed by atoms with Crippen molar-refractivity contribution >= 4 is 17.3 Å². The summed E-state index contributed by atoms with van der Waals surface area (Å²) >= 11 is 0. The SMILES string of the molecule is CCNC(=O)c1ccc(N)cc1NC(C)c1ncn[nH]1. The van der Waals surface area contributed by atoms with E-state index >= 15 is 0 Å². The maximum Gasteiger partial charge on any atom is 0.253 e. The lowest BCUT2D eigenvalue weighted by Gasteiger charge is -2.16. The number of aromatic amines is 1. The molecule has 1 heterocycles. The van der Waals surface area contributed by atoms with E-state index in [9.17, 15) is 4.79 Å². The van der Waals surface area contributed by atoms with Gasteiger partial charge < -0.3 is 16.4 Å². The number of rotatable bonds is 5. The van der Waals surface area contributed by atoms with Crippen molar-refractivity contribution in [2.75, 3.05) is 17.6 Å². The number of H-pyrrole nitrogens is 1. The van der Waals surface area contributed by atoms with Crippen molar-refractivity contribution in [2.24, 2.45) is 0 Å². The molecular formula is C13H18N6O. The second-order valence-electron chi connectivity index (χ2n) is 4.40. The molecule has 0 saturated heterocycles. The van der Waals surface area contributed by atoms with Crippen LogP contribution in [0, 0.1) is 0 Å². The first-order valence-corrected chi connectivity index (χ1v) is 6.41. The zero-order valence-corrected chi connectivity index (χ0v) is 11.5. The Kier molecular flexibility index (Phi) is 4.19. The Labute approximate surface area is 117 Å². The molecular weight excluding hydrogens is 256 g/mol. The molecule has 0 bridgehead atoms. The molecule has 0 radical (unpaired) electrons. The first-order chi connectivity index (χ1) is 9.61. The molecule has 5 N–H and O–H groups in total. The van der Waals surface area contributed by atoms with Gasteiger partial charge >= 0.3 is 0 Å². The van der Waals surface area contributed by atoms with Crippen molar-refractivity contribution in [1.82, 2.24) is 20.5 Å². The molecule has 2 aromatic rings. The van der Waals surface area contributed by atoms with Gasteiger partial charge in [-0.15, -0.1) is 0 Å². The molecule has 0 aliphatic carbocycles. The number of benzene rings is 1. The zero-order chi connectivity index (χ0) is 14.5. The highest BCUT2D eigenvalue weighted by atomic mass is 16.1. The van der Waals surface area contributed by atoms with Crippen LogP contribution in [0.25, 0.3) is 0 Å². The molecule has 1 unspecified atom stereocenters. The van der Waals surface area contributed by atoms with E-state index in [4.69, 9.17) is 5.73 Å². The third-order valence-corrected chi connectivity index (χ3v) is 2.84. The molecule has 7 nitrogen and oxygen atoms in total. The lowest BCUT2D eigenvalue weighted by Crippen LogP contribution is -2.24. The summed E-state index contributed by atoms with van der Waals surface area (Å²) in [4.78, 5) is 16.1. The van der Waals surface area contributed by atoms with E-state index in [1.807, 2.05) is 13.8 Å². The maximum atomic E-state index is 12.0. The first kappa shape index (κ1) is 13.9. The van der Waals surface area contributed by atoms with Crippen LogP contribution in [0.5, 0.6) is 0 Å². The molecule has 1 amide bonds. The summed E-state index contributed by atoms with van der Waals surface area (Å²) in [5.41, 5.74) is 7.59. The summed E-state index contributed by atoms with van der Waals surface area (Å²) in [6.07, 6.45) is 1.44. The minimum atomic E-state index is -0.139. The minimum absolute atomic E-state index is 0.118. The molecule has 0 aliphatic rings. The zero-order valence-electron chi connectivity index (χ0n) is 11.5. The Balaban J connectivity index is 2.25. The van der Waals surface area contributed by atoms with E-state index in [1.165, 1.54) is 6.33 Å². The third-order valence-electron chi connectivity index (χ3n) is 2.84. The van der Waals surface area contributed by atoms with Crippen LogP contribution in [0.4, 0.5) is 11.4 Å². The number of nitrogens with two attached hydrogens (primary N) is 1. The number of nitrogens with zero attached hydrogens (tertiary/aromatic N) is 2. The molecule has 1 aromatic heterocycles. The van der Waals surface area contributed by atoms with Gasteiger partial charge in [-0.3, -0.25) is 9.89 Å². The van der Waals surface area contributed by atoms with Crippen molar-refractivity contribution in [2.45, 2.75) is 19.9 Å². The standard InChI is InChI=1S/C13H18N6O/c1-3-15-13(20)10-5-4-9(14)6-11(10)18-8(2)12-16-7-17-19-12/h4-8,18H,3,14H2,1-2H3,(H,15,20)(H,16,17,19). The quantitative estimate of drug-likeness (QED) is 0.615. The molecule has 0 fully saturated rings. The second-order valence-corrected chi connectivity index (χ2v) is 4.40. The highest BCUT2D eigenvalue weighted by molar-refractivity contribution is 6.00. The molecule has 1 aromatic carbocycles. The van der Waals surface area contributed by atoms with E-state index < -0.39 is 0 Å². The maximum absolute atomic E-state index is 12.0. The number of aromatic nitrogens is 3. The number of carbonyl (C=O) groups excluding carboxylic acids is 1. The number of amides is 1. The average Bonchev–Trinajstić information content (AvgIpc) is 2.93. The van der Waals surface area contributed by atoms with Crippen molar-refractivity contribution in [3.63, 3.8) is 0 Å². The number of nitrogen functional groups attached to an aromatic ring is 1. The number of hydrogen-bond acceptors (Lipinski definition) is 5. The fraction of sp³-hybridized carbons (Fsp3) is 0.308. The molecule has 106 valence electrons. The summed E-state index contributed by atoms with van der Waals surface area (Å²) in [5, 5.41) is 12.6. The van der Waals surface area contributed by atoms with Gasteiger partial charge in [0.15, 0.2) is 0 Å². The molecule has 0 aliphatic heterocycles. The number of hydrogen-bond donors (Lipinski definition) is 4. The number of anilines is 2. The van der Waals surface area contributed by atoms with Gasteiger partial charge in [0.1, 0.15) is 12.2 Å². The molecule has 7 heteroatoms. The summed E-state index contributed by atoms with van der Waals surface area (Å²) in [6, 6.07) is 5.02. The van der Waals surface area contributed by atoms with Gasteiger partial charge in [-0.05, 0) is 32.0 Å². The van der Waals surface area contributed by atoms with E-state index in [2.05, 4.69) is 25.8 Å². The van der Waals surface area contributed by atoms with Crippen LogP contribution in [-0.2, 0) is 0 Å². The second kappa shape index (κ2) is 6.05. The molecule has 0 spiro atoms. The Morgan fingerprint density at radius 3 is 2.95 bits per heavy atom. The van der Waals surface area contributed by atoms with Gasteiger partial charge in [0.2, 0.25) is 0 Å². The summed E-state index contributed by atoms with van der Waals surface area (Å²) < 4.78 is 0. The van der Waals surface area contributed by atoms with Crippen LogP contribution < -0.4 is 16.4 Å². The van der Waals surface area contributed by atoms with Crippen molar-refractivity contribution in [3.8, 4) is 0 Å². The van der Waals surface area contributed by atoms with Gasteiger partial charge in [0.25, 0.3) is 5.91 Å². The highest BCUT2D eigenvalue weighted by Gasteiger charge is 2.15. The van der Waals surface area contributed by atoms with Crippen LogP contribution in [0.1, 0.15) is 36.1 Å². The smallest absolute Gasteiger partial charge is 0.253 e. The molecule has 2 rings (SSSR count). The summed E-state index contributed by atoms with van der Waals surface area (Å²) in [6.45, 7) is 4.37. The monoisotopic (exact) mass is 274 g/mol. The van der Waals surface area contributed by atoms with Crippen LogP contribution in [0.2, 0.25) is 0 Å². The number of carbonyl (C=O) groups is 1. The topological polar surface area (TPSA) is 109 Å². The van der Waals surface area contributed by atoms with Crippen molar-refractivity contribution in [1.29, 1.82) is 0 Å². The fourth-order valence-corrected chi connectivity index (χ4v) is 1.86. The number of nitrogens with one attached hydrogen (secondary N) is 3. The lowest BCUT2D eigenvalue weighted by atomic mass is 10.1. The molecule has 0 saturated carbocycles. The Hall–Kier alpha value is -2.57. The fourth-order valence-electron chi connectivity index (χ4n) is 1.86. The van der Waals surface area contributed by atoms with Crippen molar-refractivity contribution in [3.05, 3.63) is 35.9 Å². The van der Waals surface area contributed by atoms with Gasteiger partial charge in [0.05, 0.1) is 11.6 Å². The van der Waals surface area contributed by atoms with Crippen LogP contribution in [-0.4, -0.2) is 27.6 Å². The summed E-state index contributed by atoms with van der Waals surface area (Å²) in [7, 11) is 0. The predicted octanol–water partition coefficient (Wildman–Crippen LogP) is 1.31. The van der Waals surface area contributed by atoms with Crippen LogP contribution in [0.15, 0.2) is 24.5 Å². The Bertz CT molecular complexity index is 581. The molecule has 20 heavy (non-hydrogen) atoms.